The molecule has 100 valence electrons. The summed E-state index contributed by atoms with van der Waals surface area (Å²) in [4.78, 5) is 20.2. The van der Waals surface area contributed by atoms with Gasteiger partial charge >= 0.3 is 5.97 Å². The van der Waals surface area contributed by atoms with Crippen LogP contribution in [0.15, 0.2) is 28.8 Å². The normalized spacial score (nSPS) is 12.2. The summed E-state index contributed by atoms with van der Waals surface area (Å²) in [6, 6.07) is 5.47. The minimum Gasteiger partial charge on any atom is -0.468 e. The zero-order valence-corrected chi connectivity index (χ0v) is 11.2. The van der Waals surface area contributed by atoms with Crippen molar-refractivity contribution in [1.29, 1.82) is 0 Å². The fraction of sp³-hybridized carbons (Fsp3) is 0.357. The van der Waals surface area contributed by atoms with E-state index in [9.17, 15) is 4.79 Å². The molecule has 2 aromatic heterocycles. The molecule has 0 aliphatic rings. The third-order valence-corrected chi connectivity index (χ3v) is 2.87. The Bertz CT molecular complexity index is 578. The van der Waals surface area contributed by atoms with Gasteiger partial charge in [-0.3, -0.25) is 4.79 Å². The second-order valence-corrected chi connectivity index (χ2v) is 4.19. The molecule has 0 bridgehead atoms. The van der Waals surface area contributed by atoms with Crippen molar-refractivity contribution in [2.75, 3.05) is 7.11 Å². The molecule has 2 heterocycles. The predicted molar refractivity (Wildman–Crippen MR) is 69.5 cm³/mol. The van der Waals surface area contributed by atoms with E-state index in [1.807, 2.05) is 26.0 Å². The molecule has 1 atom stereocenters. The highest BCUT2D eigenvalue weighted by atomic mass is 16.5. The van der Waals surface area contributed by atoms with Gasteiger partial charge in [-0.25, -0.2) is 9.97 Å². The second kappa shape index (κ2) is 5.65. The molecule has 0 saturated heterocycles. The number of nitrogens with zero attached hydrogens (tertiary/aromatic N) is 2. The Morgan fingerprint density at radius 3 is 2.79 bits per heavy atom. The average Bonchev–Trinajstić information content (AvgIpc) is 2.86. The zero-order chi connectivity index (χ0) is 13.8. The van der Waals surface area contributed by atoms with Gasteiger partial charge in [0.15, 0.2) is 5.76 Å². The summed E-state index contributed by atoms with van der Waals surface area (Å²) < 4.78 is 10.3. The van der Waals surface area contributed by atoms with Gasteiger partial charge < -0.3 is 9.15 Å². The zero-order valence-electron chi connectivity index (χ0n) is 11.2. The lowest BCUT2D eigenvalue weighted by Crippen LogP contribution is -2.16. The number of aryl methyl sites for hydroxylation is 1. The number of carbonyl (C=O) groups is 1. The van der Waals surface area contributed by atoms with E-state index in [2.05, 4.69) is 9.97 Å². The van der Waals surface area contributed by atoms with Crippen LogP contribution in [0.2, 0.25) is 0 Å². The summed E-state index contributed by atoms with van der Waals surface area (Å²) >= 11 is 0. The van der Waals surface area contributed by atoms with Crippen LogP contribution in [0.25, 0.3) is 11.5 Å². The van der Waals surface area contributed by atoms with Crippen LogP contribution < -0.4 is 0 Å². The van der Waals surface area contributed by atoms with Crippen molar-refractivity contribution >= 4 is 5.97 Å². The summed E-state index contributed by atoms with van der Waals surface area (Å²) in [5.41, 5.74) is 0.667. The molecule has 2 rings (SSSR count). The van der Waals surface area contributed by atoms with Crippen LogP contribution in [0.4, 0.5) is 0 Å². The van der Waals surface area contributed by atoms with E-state index in [1.54, 1.807) is 12.3 Å². The van der Waals surface area contributed by atoms with E-state index in [0.29, 0.717) is 23.7 Å². The molecule has 19 heavy (non-hydrogen) atoms. The molecule has 0 N–H and O–H groups in total. The SMILES string of the molecule is CCC(C(=O)OC)c1nccc(-c2ccc(C)o2)n1. The van der Waals surface area contributed by atoms with Crippen molar-refractivity contribution in [3.05, 3.63) is 36.0 Å². The molecule has 0 aliphatic carbocycles. The number of esters is 1. The smallest absolute Gasteiger partial charge is 0.316 e. The highest BCUT2D eigenvalue weighted by molar-refractivity contribution is 5.77. The standard InChI is InChI=1S/C14H16N2O3/c1-4-10(14(17)18-3)13-15-8-7-11(16-13)12-6-5-9(2)19-12/h5-8,10H,4H2,1-3H3. The molecular weight excluding hydrogens is 244 g/mol. The lowest BCUT2D eigenvalue weighted by molar-refractivity contribution is -0.142. The topological polar surface area (TPSA) is 65.2 Å². The molecule has 1 unspecified atom stereocenters. The van der Waals surface area contributed by atoms with E-state index in [-0.39, 0.29) is 5.97 Å². The maximum absolute atomic E-state index is 11.7. The first-order valence-electron chi connectivity index (χ1n) is 6.13. The van der Waals surface area contributed by atoms with E-state index in [4.69, 9.17) is 9.15 Å². The van der Waals surface area contributed by atoms with Crippen molar-refractivity contribution in [3.63, 3.8) is 0 Å². The van der Waals surface area contributed by atoms with Gasteiger partial charge in [0.05, 0.1) is 7.11 Å². The highest BCUT2D eigenvalue weighted by Gasteiger charge is 2.22. The minimum absolute atomic E-state index is 0.324. The minimum atomic E-state index is -0.444. The monoisotopic (exact) mass is 260 g/mol. The number of rotatable bonds is 4. The maximum atomic E-state index is 11.7. The summed E-state index contributed by atoms with van der Waals surface area (Å²) in [6.45, 7) is 3.77. The van der Waals surface area contributed by atoms with E-state index in [1.165, 1.54) is 7.11 Å². The Morgan fingerprint density at radius 1 is 1.42 bits per heavy atom. The molecule has 0 amide bonds. The van der Waals surface area contributed by atoms with Crippen LogP contribution in [0, 0.1) is 6.92 Å². The molecule has 0 aliphatic heterocycles. The summed E-state index contributed by atoms with van der Waals surface area (Å²) in [6.07, 6.45) is 2.22. The molecule has 0 spiro atoms. The predicted octanol–water partition coefficient (Wildman–Crippen LogP) is 2.71. The first-order chi connectivity index (χ1) is 9.15. The Labute approximate surface area is 111 Å². The fourth-order valence-corrected chi connectivity index (χ4v) is 1.85. The van der Waals surface area contributed by atoms with Gasteiger partial charge in [-0.2, -0.15) is 0 Å². The van der Waals surface area contributed by atoms with Crippen LogP contribution in [-0.2, 0) is 9.53 Å². The lowest BCUT2D eigenvalue weighted by Gasteiger charge is -2.11. The molecule has 2 aromatic rings. The Hall–Kier alpha value is -2.17. The number of aromatic nitrogens is 2. The maximum Gasteiger partial charge on any atom is 0.316 e. The largest absolute Gasteiger partial charge is 0.468 e. The van der Waals surface area contributed by atoms with Crippen molar-refractivity contribution in [1.82, 2.24) is 9.97 Å². The van der Waals surface area contributed by atoms with Crippen LogP contribution in [-0.4, -0.2) is 23.0 Å². The van der Waals surface area contributed by atoms with Crippen LogP contribution >= 0.6 is 0 Å². The quantitative estimate of drug-likeness (QED) is 0.791. The third kappa shape index (κ3) is 2.81. The first kappa shape index (κ1) is 13.3. The van der Waals surface area contributed by atoms with Crippen molar-refractivity contribution in [3.8, 4) is 11.5 Å². The number of ether oxygens (including phenoxy) is 1. The lowest BCUT2D eigenvalue weighted by atomic mass is 10.1. The Kier molecular flexibility index (Phi) is 3.94. The van der Waals surface area contributed by atoms with Crippen molar-refractivity contribution in [2.45, 2.75) is 26.2 Å². The number of methoxy groups -OCH3 is 1. The first-order valence-corrected chi connectivity index (χ1v) is 6.13. The summed E-state index contributed by atoms with van der Waals surface area (Å²) in [5.74, 6) is 1.17. The average molecular weight is 260 g/mol. The number of furan rings is 1. The van der Waals surface area contributed by atoms with Crippen LogP contribution in [0.3, 0.4) is 0 Å². The molecule has 0 radical (unpaired) electrons. The Balaban J connectivity index is 2.36. The van der Waals surface area contributed by atoms with Crippen molar-refractivity contribution in [2.24, 2.45) is 0 Å². The number of carbonyl (C=O) groups excluding carboxylic acids is 1. The Morgan fingerprint density at radius 2 is 2.21 bits per heavy atom. The summed E-state index contributed by atoms with van der Waals surface area (Å²) in [7, 11) is 1.37. The van der Waals surface area contributed by atoms with E-state index >= 15 is 0 Å². The van der Waals surface area contributed by atoms with E-state index in [0.717, 1.165) is 5.76 Å². The van der Waals surface area contributed by atoms with Crippen molar-refractivity contribution < 1.29 is 13.9 Å². The molecule has 0 saturated carbocycles. The molecule has 0 aromatic carbocycles. The molecule has 5 nitrogen and oxygen atoms in total. The van der Waals surface area contributed by atoms with Gasteiger partial charge in [-0.15, -0.1) is 0 Å². The van der Waals surface area contributed by atoms with Gasteiger partial charge in [0.25, 0.3) is 0 Å². The van der Waals surface area contributed by atoms with Gasteiger partial charge in [-0.05, 0) is 31.5 Å². The van der Waals surface area contributed by atoms with Crippen LogP contribution in [0.1, 0.15) is 30.8 Å². The third-order valence-electron chi connectivity index (χ3n) is 2.87. The van der Waals surface area contributed by atoms with Gasteiger partial charge in [0.2, 0.25) is 0 Å². The highest BCUT2D eigenvalue weighted by Crippen LogP contribution is 2.23. The number of hydrogen-bond donors (Lipinski definition) is 0. The molecular formula is C14H16N2O3. The van der Waals surface area contributed by atoms with Crippen LogP contribution in [0.5, 0.6) is 0 Å². The summed E-state index contributed by atoms with van der Waals surface area (Å²) in [5, 5.41) is 0. The van der Waals surface area contributed by atoms with Gasteiger partial charge in [-0.1, -0.05) is 6.92 Å². The fourth-order valence-electron chi connectivity index (χ4n) is 1.85. The number of hydrogen-bond acceptors (Lipinski definition) is 5. The van der Waals surface area contributed by atoms with Gasteiger partial charge in [0.1, 0.15) is 23.2 Å². The van der Waals surface area contributed by atoms with E-state index < -0.39 is 5.92 Å². The van der Waals surface area contributed by atoms with Gasteiger partial charge in [0, 0.05) is 6.20 Å². The molecule has 0 fully saturated rings. The molecule has 5 heteroatoms. The second-order valence-electron chi connectivity index (χ2n) is 4.19.